The van der Waals surface area contributed by atoms with Crippen LogP contribution in [-0.4, -0.2) is 50.5 Å². The van der Waals surface area contributed by atoms with Crippen LogP contribution in [0.25, 0.3) is 0 Å². The standard InChI is InChI=1S/C28H30Cl3N3O4S/c1-3-14-32-28(36)26(15-20-10-6-4-7-11-20)33(18-21-12-8-5-9-13-21)27(35)19-34(39(2,37)38)25-17-23(30)22(29)16-24(25)31/h4-13,16-17,26H,3,14-15,18-19H2,1-2H3,(H,32,36)/t26-/m0/s1. The predicted octanol–water partition coefficient (Wildman–Crippen LogP) is 5.58. The first-order chi connectivity index (χ1) is 18.5. The van der Waals surface area contributed by atoms with Gasteiger partial charge in [-0.25, -0.2) is 8.42 Å². The summed E-state index contributed by atoms with van der Waals surface area (Å²) in [6.07, 6.45) is 1.92. The van der Waals surface area contributed by atoms with Crippen LogP contribution in [0.5, 0.6) is 0 Å². The number of halogens is 3. The number of nitrogens with one attached hydrogen (secondary N) is 1. The Hall–Kier alpha value is -2.78. The van der Waals surface area contributed by atoms with Crippen molar-refractivity contribution in [2.24, 2.45) is 0 Å². The molecule has 0 aliphatic rings. The molecule has 0 fully saturated rings. The molecule has 3 aromatic rings. The van der Waals surface area contributed by atoms with Crippen molar-refractivity contribution in [1.82, 2.24) is 10.2 Å². The highest BCUT2D eigenvalue weighted by molar-refractivity contribution is 7.92. The number of amides is 2. The number of nitrogens with zero attached hydrogens (tertiary/aromatic N) is 2. The van der Waals surface area contributed by atoms with E-state index in [1.807, 2.05) is 67.6 Å². The van der Waals surface area contributed by atoms with Crippen LogP contribution in [0.4, 0.5) is 5.69 Å². The first kappa shape index (κ1) is 30.8. The molecule has 11 heteroatoms. The molecule has 1 atom stereocenters. The Balaban J connectivity index is 2.06. The van der Waals surface area contributed by atoms with Crippen molar-refractivity contribution < 1.29 is 18.0 Å². The number of benzene rings is 3. The fraction of sp³-hybridized carbons (Fsp3) is 0.286. The van der Waals surface area contributed by atoms with Crippen LogP contribution in [0.2, 0.25) is 15.1 Å². The zero-order chi connectivity index (χ0) is 28.6. The molecule has 0 radical (unpaired) electrons. The summed E-state index contributed by atoms with van der Waals surface area (Å²) in [7, 11) is -3.99. The van der Waals surface area contributed by atoms with Crippen molar-refractivity contribution >= 4 is 62.3 Å². The quantitative estimate of drug-likeness (QED) is 0.271. The molecule has 0 saturated carbocycles. The second-order valence-electron chi connectivity index (χ2n) is 8.99. The summed E-state index contributed by atoms with van der Waals surface area (Å²) in [4.78, 5) is 28.8. The molecule has 0 unspecified atom stereocenters. The molecule has 0 aliphatic heterocycles. The monoisotopic (exact) mass is 609 g/mol. The number of carbonyl (C=O) groups excluding carboxylic acids is 2. The lowest BCUT2D eigenvalue weighted by Crippen LogP contribution is -2.53. The second kappa shape index (κ2) is 14.0. The molecule has 39 heavy (non-hydrogen) atoms. The van der Waals surface area contributed by atoms with Crippen molar-refractivity contribution in [3.63, 3.8) is 0 Å². The number of sulfonamides is 1. The summed E-state index contributed by atoms with van der Waals surface area (Å²) in [6, 6.07) is 20.3. The number of hydrogen-bond acceptors (Lipinski definition) is 4. The SMILES string of the molecule is CCCNC(=O)[C@H](Cc1ccccc1)N(Cc1ccccc1)C(=O)CN(c1cc(Cl)c(Cl)cc1Cl)S(C)(=O)=O. The maximum atomic E-state index is 14.0. The maximum Gasteiger partial charge on any atom is 0.244 e. The summed E-state index contributed by atoms with van der Waals surface area (Å²) in [5.41, 5.74) is 1.65. The van der Waals surface area contributed by atoms with Crippen LogP contribution < -0.4 is 9.62 Å². The Kier molecular flexibility index (Phi) is 11.1. The molecule has 0 saturated heterocycles. The van der Waals surface area contributed by atoms with Gasteiger partial charge in [-0.05, 0) is 29.7 Å². The van der Waals surface area contributed by atoms with E-state index in [4.69, 9.17) is 34.8 Å². The van der Waals surface area contributed by atoms with E-state index >= 15 is 0 Å². The number of anilines is 1. The second-order valence-corrected chi connectivity index (χ2v) is 12.1. The van der Waals surface area contributed by atoms with Crippen LogP contribution in [0, 0.1) is 0 Å². The Morgan fingerprint density at radius 2 is 1.44 bits per heavy atom. The number of hydrogen-bond donors (Lipinski definition) is 1. The lowest BCUT2D eigenvalue weighted by molar-refractivity contribution is -0.140. The van der Waals surface area contributed by atoms with Crippen LogP contribution in [0.3, 0.4) is 0 Å². The fourth-order valence-corrected chi connectivity index (χ4v) is 5.54. The first-order valence-electron chi connectivity index (χ1n) is 12.3. The molecule has 0 aliphatic carbocycles. The van der Waals surface area contributed by atoms with Gasteiger partial charge >= 0.3 is 0 Å². The zero-order valence-electron chi connectivity index (χ0n) is 21.6. The lowest BCUT2D eigenvalue weighted by Gasteiger charge is -2.33. The Bertz CT molecular complexity index is 1390. The van der Waals surface area contributed by atoms with Crippen molar-refractivity contribution in [2.75, 3.05) is 23.7 Å². The summed E-state index contributed by atoms with van der Waals surface area (Å²) in [6.45, 7) is 1.86. The third kappa shape index (κ3) is 8.60. The molecular formula is C28H30Cl3N3O4S. The van der Waals surface area contributed by atoms with Gasteiger partial charge in [-0.1, -0.05) is 102 Å². The minimum atomic E-state index is -3.99. The molecular weight excluding hydrogens is 581 g/mol. The van der Waals surface area contributed by atoms with Crippen LogP contribution in [-0.2, 0) is 32.6 Å². The molecule has 0 aromatic heterocycles. The summed E-state index contributed by atoms with van der Waals surface area (Å²) in [5, 5.41) is 3.13. The molecule has 1 N–H and O–H groups in total. The van der Waals surface area contributed by atoms with Gasteiger partial charge in [-0.2, -0.15) is 0 Å². The van der Waals surface area contributed by atoms with Crippen LogP contribution >= 0.6 is 34.8 Å². The van der Waals surface area contributed by atoms with Gasteiger partial charge in [0.1, 0.15) is 12.6 Å². The maximum absolute atomic E-state index is 14.0. The topological polar surface area (TPSA) is 86.8 Å². The van der Waals surface area contributed by atoms with Gasteiger partial charge in [0.05, 0.1) is 27.0 Å². The number of carbonyl (C=O) groups is 2. The van der Waals surface area contributed by atoms with E-state index in [0.717, 1.165) is 21.7 Å². The van der Waals surface area contributed by atoms with E-state index in [2.05, 4.69) is 5.32 Å². The normalized spacial score (nSPS) is 12.0. The predicted molar refractivity (Wildman–Crippen MR) is 158 cm³/mol. The highest BCUT2D eigenvalue weighted by Gasteiger charge is 2.33. The van der Waals surface area contributed by atoms with E-state index < -0.39 is 28.5 Å². The van der Waals surface area contributed by atoms with Crippen molar-refractivity contribution in [1.29, 1.82) is 0 Å². The third-order valence-corrected chi connectivity index (χ3v) is 8.11. The van der Waals surface area contributed by atoms with Crippen LogP contribution in [0.1, 0.15) is 24.5 Å². The van der Waals surface area contributed by atoms with Gasteiger partial charge in [-0.15, -0.1) is 0 Å². The zero-order valence-corrected chi connectivity index (χ0v) is 24.7. The molecule has 208 valence electrons. The van der Waals surface area contributed by atoms with Gasteiger partial charge in [0.2, 0.25) is 21.8 Å². The minimum Gasteiger partial charge on any atom is -0.354 e. The van der Waals surface area contributed by atoms with Gasteiger partial charge < -0.3 is 10.2 Å². The molecule has 0 heterocycles. The average molecular weight is 611 g/mol. The first-order valence-corrected chi connectivity index (χ1v) is 15.3. The molecule has 0 spiro atoms. The third-order valence-electron chi connectivity index (χ3n) is 5.95. The summed E-state index contributed by atoms with van der Waals surface area (Å²) < 4.78 is 26.6. The highest BCUT2D eigenvalue weighted by Crippen LogP contribution is 2.35. The van der Waals surface area contributed by atoms with E-state index in [1.54, 1.807) is 0 Å². The molecule has 7 nitrogen and oxygen atoms in total. The van der Waals surface area contributed by atoms with Gasteiger partial charge in [0, 0.05) is 19.5 Å². The highest BCUT2D eigenvalue weighted by atomic mass is 35.5. The minimum absolute atomic E-state index is 0.0108. The Labute approximate surface area is 244 Å². The van der Waals surface area contributed by atoms with Crippen LogP contribution in [0.15, 0.2) is 72.8 Å². The van der Waals surface area contributed by atoms with E-state index in [0.29, 0.717) is 13.0 Å². The van der Waals surface area contributed by atoms with Crippen molar-refractivity contribution in [2.45, 2.75) is 32.4 Å². The smallest absolute Gasteiger partial charge is 0.244 e. The van der Waals surface area contributed by atoms with E-state index in [-0.39, 0.29) is 39.6 Å². The van der Waals surface area contributed by atoms with Gasteiger partial charge in [-0.3, -0.25) is 13.9 Å². The van der Waals surface area contributed by atoms with Crippen molar-refractivity contribution in [3.05, 3.63) is 99.0 Å². The van der Waals surface area contributed by atoms with Gasteiger partial charge in [0.25, 0.3) is 0 Å². The number of rotatable bonds is 12. The fourth-order valence-electron chi connectivity index (χ4n) is 4.00. The summed E-state index contributed by atoms with van der Waals surface area (Å²) in [5.74, 6) is -0.914. The molecule has 3 rings (SSSR count). The van der Waals surface area contributed by atoms with E-state index in [1.165, 1.54) is 17.0 Å². The molecule has 0 bridgehead atoms. The molecule has 2 amide bonds. The largest absolute Gasteiger partial charge is 0.354 e. The van der Waals surface area contributed by atoms with Gasteiger partial charge in [0.15, 0.2) is 0 Å². The van der Waals surface area contributed by atoms with E-state index in [9.17, 15) is 18.0 Å². The Morgan fingerprint density at radius 1 is 0.872 bits per heavy atom. The lowest BCUT2D eigenvalue weighted by atomic mass is 10.0. The molecule has 3 aromatic carbocycles. The van der Waals surface area contributed by atoms with Crippen molar-refractivity contribution in [3.8, 4) is 0 Å². The average Bonchev–Trinajstić information content (AvgIpc) is 2.90. The Morgan fingerprint density at radius 3 is 2.00 bits per heavy atom. The summed E-state index contributed by atoms with van der Waals surface area (Å²) >= 11 is 18.5.